The lowest BCUT2D eigenvalue weighted by atomic mass is 10.0. The molecular weight excluding hydrogens is 1480 g/mol. The van der Waals surface area contributed by atoms with E-state index in [0.29, 0.717) is 34.2 Å². The standard InChI is InChI=1S/C72H107N19O20S/c1-38(2)30-49(60(74)100)85-63(103)45(18-11-26-77-72(75)76)84-70(110)54-20-12-27-90(54)56(95)35-80-62(102)50(31-40-14-7-6-8-15-40)86-67(107)51(32-41-33-78-44-17-10-9-16-42(41)44)87-65(105)48(25-29-112-5)81-55(94)34-79-69(109)53-19-13-28-91(53)71(111)59(39(3)4)89-66(106)47(22-24-58(98)99)83-68(108)52(37-93)88-64(104)46(21-23-57(96)97)82-61(101)43(73)36-92/h6-10,14-17,33,38-39,43,45-54,59,78,92-93H,11-13,18-32,34-37,73H2,1-5H3,(H2,74,100)(H,79,109)(H,80,102)(H,81,94)(H,82,101)(H,83,108)(H,84,110)(H,85,103)(H,86,107)(H,87,105)(H,88,104)(H,89,106)(H,96,97)(H,98,99)(H4,75,76,77)/t43-,45-,46-,47-,48-,49-,50-,51-,52-,53-,54-,59-/m0/s1. The molecule has 24 N–H and O–H groups in total. The Bertz CT molecular complexity index is 3820. The molecule has 2 aliphatic heterocycles. The number of carbonyl (C=O) groups is 16. The van der Waals surface area contributed by atoms with Crippen molar-refractivity contribution in [1.29, 1.82) is 0 Å². The molecule has 0 aliphatic carbocycles. The number of nitrogens with one attached hydrogen (secondary N) is 12. The monoisotopic (exact) mass is 1590 g/mol. The van der Waals surface area contributed by atoms with E-state index >= 15 is 0 Å². The summed E-state index contributed by atoms with van der Waals surface area (Å²) in [6.45, 7) is 3.61. The van der Waals surface area contributed by atoms with Crippen molar-refractivity contribution >= 4 is 123 Å². The lowest BCUT2D eigenvalue weighted by Gasteiger charge is -2.31. The van der Waals surface area contributed by atoms with E-state index in [1.54, 1.807) is 80.9 Å². The van der Waals surface area contributed by atoms with Crippen molar-refractivity contribution in [2.75, 3.05) is 57.9 Å². The number of guanidine groups is 1. The van der Waals surface area contributed by atoms with Crippen molar-refractivity contribution in [3.63, 3.8) is 0 Å². The summed E-state index contributed by atoms with van der Waals surface area (Å²) in [6, 6.07) is -1.25. The normalized spacial score (nSPS) is 16.6. The first kappa shape index (κ1) is 91.6. The predicted octanol–water partition coefficient (Wildman–Crippen LogP) is -5.43. The van der Waals surface area contributed by atoms with Crippen LogP contribution >= 0.6 is 11.8 Å². The van der Waals surface area contributed by atoms with Crippen LogP contribution in [0.3, 0.4) is 0 Å². The summed E-state index contributed by atoms with van der Waals surface area (Å²) < 4.78 is 0. The Morgan fingerprint density at radius 3 is 1.64 bits per heavy atom. The summed E-state index contributed by atoms with van der Waals surface area (Å²) in [5, 5.41) is 66.7. The number of aliphatic hydroxyl groups excluding tert-OH is 2. The average Bonchev–Trinajstić information content (AvgIpc) is 1.65. The topological polar surface area (TPSA) is 625 Å². The molecule has 40 heteroatoms. The SMILES string of the molecule is CSCC[C@H](NC(=O)CNC(=O)[C@@H]1CCCN1C(=O)[C@@H](NC(=O)[C@H](CCC(=O)O)NC(=O)[C@H](CO)NC(=O)[C@H](CCC(=O)O)NC(=O)[C@@H](N)CO)C(C)C)C(=O)N[C@@H](Cc1c[nH]c2ccccc12)C(=O)N[C@@H](Cc1ccccc1)C(=O)NCC(=O)N1CCC[C@H]1C(=O)N[C@@H](CCCN=C(N)N)C(=O)N[C@@H](CC(C)C)C(N)=O. The van der Waals surface area contributed by atoms with Gasteiger partial charge in [-0.05, 0) is 105 Å². The van der Waals surface area contributed by atoms with Gasteiger partial charge in [-0.25, -0.2) is 0 Å². The Kier molecular flexibility index (Phi) is 37.6. The molecule has 112 heavy (non-hydrogen) atoms. The molecule has 5 rings (SSSR count). The van der Waals surface area contributed by atoms with Gasteiger partial charge in [0.05, 0.1) is 26.3 Å². The number of aliphatic hydroxyl groups is 2. The zero-order chi connectivity index (χ0) is 82.9. The van der Waals surface area contributed by atoms with Crippen molar-refractivity contribution in [3.8, 4) is 0 Å². The number of amides is 14. The van der Waals surface area contributed by atoms with Crippen molar-refractivity contribution in [2.45, 2.75) is 190 Å². The number of benzene rings is 2. The summed E-state index contributed by atoms with van der Waals surface area (Å²) in [7, 11) is 0. The molecule has 3 aromatic rings. The number of carbonyl (C=O) groups excluding carboxylic acids is 14. The number of carboxylic acid groups (broad SMARTS) is 2. The zero-order valence-electron chi connectivity index (χ0n) is 63.3. The van der Waals surface area contributed by atoms with Gasteiger partial charge in [0.25, 0.3) is 0 Å². The Morgan fingerprint density at radius 1 is 0.554 bits per heavy atom. The predicted molar refractivity (Wildman–Crippen MR) is 407 cm³/mol. The third-order valence-corrected chi connectivity index (χ3v) is 19.2. The summed E-state index contributed by atoms with van der Waals surface area (Å²) >= 11 is 1.33. The van der Waals surface area contributed by atoms with Gasteiger partial charge in [-0.1, -0.05) is 76.2 Å². The highest BCUT2D eigenvalue weighted by atomic mass is 32.2. The number of primary amides is 1. The van der Waals surface area contributed by atoms with Crippen LogP contribution in [0.15, 0.2) is 65.8 Å². The molecule has 0 radical (unpaired) electrons. The summed E-state index contributed by atoms with van der Waals surface area (Å²) in [4.78, 5) is 227. The quantitative estimate of drug-likeness (QED) is 0.0143. The zero-order valence-corrected chi connectivity index (χ0v) is 64.1. The van der Waals surface area contributed by atoms with Crippen molar-refractivity contribution in [2.24, 2.45) is 39.8 Å². The van der Waals surface area contributed by atoms with Crippen LogP contribution in [0.4, 0.5) is 0 Å². The highest BCUT2D eigenvalue weighted by Crippen LogP contribution is 2.24. The molecule has 2 fully saturated rings. The number of hydrogen-bond donors (Lipinski definition) is 20. The molecule has 2 saturated heterocycles. The Balaban J connectivity index is 1.29. The van der Waals surface area contributed by atoms with Crippen molar-refractivity contribution < 1.29 is 97.1 Å². The van der Waals surface area contributed by atoms with Gasteiger partial charge in [-0.2, -0.15) is 11.8 Å². The van der Waals surface area contributed by atoms with E-state index in [0.717, 1.165) is 0 Å². The number of hydrogen-bond acceptors (Lipinski definition) is 21. The number of nitrogens with two attached hydrogens (primary N) is 4. The smallest absolute Gasteiger partial charge is 0.303 e. The number of rotatable bonds is 47. The fraction of sp³-hybridized carbons (Fsp3) is 0.569. The third-order valence-electron chi connectivity index (χ3n) is 18.5. The van der Waals surface area contributed by atoms with E-state index in [4.69, 9.17) is 22.9 Å². The van der Waals surface area contributed by atoms with E-state index < -0.39 is 225 Å². The van der Waals surface area contributed by atoms with Gasteiger partial charge in [0.2, 0.25) is 82.7 Å². The van der Waals surface area contributed by atoms with Gasteiger partial charge in [0.15, 0.2) is 5.96 Å². The van der Waals surface area contributed by atoms with E-state index in [2.05, 4.69) is 68.5 Å². The van der Waals surface area contributed by atoms with Gasteiger partial charge in [0.1, 0.15) is 72.5 Å². The molecule has 0 saturated carbocycles. The Hall–Kier alpha value is -11.0. The summed E-state index contributed by atoms with van der Waals surface area (Å²) in [5.41, 5.74) is 24.0. The van der Waals surface area contributed by atoms with Crippen LogP contribution in [-0.4, -0.2) is 266 Å². The highest BCUT2D eigenvalue weighted by molar-refractivity contribution is 7.98. The summed E-state index contributed by atoms with van der Waals surface area (Å²) in [5.74, 6) is -15.8. The van der Waals surface area contributed by atoms with E-state index in [9.17, 15) is 97.1 Å². The average molecular weight is 1590 g/mol. The molecule has 0 spiro atoms. The van der Waals surface area contributed by atoms with Crippen LogP contribution in [0.25, 0.3) is 10.9 Å². The van der Waals surface area contributed by atoms with Crippen LogP contribution in [-0.2, 0) is 89.6 Å². The fourth-order valence-corrected chi connectivity index (χ4v) is 13.0. The lowest BCUT2D eigenvalue weighted by molar-refractivity contribution is -0.143. The maximum Gasteiger partial charge on any atom is 0.303 e. The Labute approximate surface area is 650 Å². The minimum Gasteiger partial charge on any atom is -0.481 e. The highest BCUT2D eigenvalue weighted by Gasteiger charge is 2.42. The molecule has 0 bridgehead atoms. The number of aliphatic imine (C=N–C) groups is 1. The number of aliphatic carboxylic acids is 2. The first-order chi connectivity index (χ1) is 53.2. The van der Waals surface area contributed by atoms with E-state index in [-0.39, 0.29) is 89.3 Å². The van der Waals surface area contributed by atoms with Crippen LogP contribution in [0.5, 0.6) is 0 Å². The van der Waals surface area contributed by atoms with E-state index in [1.165, 1.54) is 21.6 Å². The molecule has 2 aliphatic rings. The number of carboxylic acids is 2. The number of aromatic nitrogens is 1. The molecule has 1 aromatic heterocycles. The number of likely N-dealkylation sites (tertiary alicyclic amines) is 2. The lowest BCUT2D eigenvalue weighted by Crippen LogP contribution is -2.61. The minimum atomic E-state index is -1.89. The van der Waals surface area contributed by atoms with Gasteiger partial charge >= 0.3 is 11.9 Å². The van der Waals surface area contributed by atoms with Crippen molar-refractivity contribution in [3.05, 3.63) is 71.9 Å². The number of nitrogens with zero attached hydrogens (tertiary/aromatic N) is 3. The second kappa shape index (κ2) is 46.0. The second-order valence-corrected chi connectivity index (χ2v) is 29.0. The molecule has 616 valence electrons. The Morgan fingerprint density at radius 2 is 1.07 bits per heavy atom. The number of fused-ring (bicyclic) bond motifs is 1. The van der Waals surface area contributed by atoms with E-state index in [1.807, 2.05) is 13.8 Å². The second-order valence-electron chi connectivity index (χ2n) is 28.0. The molecule has 2 aromatic carbocycles. The minimum absolute atomic E-state index is 0.0000433. The third kappa shape index (κ3) is 29.3. The molecule has 14 amide bonds. The maximum atomic E-state index is 15.0. The van der Waals surface area contributed by atoms with Crippen LogP contribution in [0.2, 0.25) is 0 Å². The summed E-state index contributed by atoms with van der Waals surface area (Å²) in [6.07, 6.45) is 2.03. The van der Waals surface area contributed by atoms with Crippen LogP contribution < -0.4 is 81.4 Å². The maximum absolute atomic E-state index is 15.0. The van der Waals surface area contributed by atoms with Crippen LogP contribution in [0, 0.1) is 11.8 Å². The van der Waals surface area contributed by atoms with Gasteiger partial charge in [-0.15, -0.1) is 0 Å². The molecular formula is C72H107N19O20S. The molecule has 12 atom stereocenters. The number of para-hydroxylation sites is 1. The molecule has 0 unspecified atom stereocenters. The van der Waals surface area contributed by atoms with Gasteiger partial charge in [-0.3, -0.25) is 81.7 Å². The van der Waals surface area contributed by atoms with Gasteiger partial charge < -0.3 is 117 Å². The fourth-order valence-electron chi connectivity index (χ4n) is 12.5. The molecule has 39 nitrogen and oxygen atoms in total. The first-order valence-corrected chi connectivity index (χ1v) is 38.3. The largest absolute Gasteiger partial charge is 0.481 e. The molecule has 3 heterocycles. The number of aromatic amines is 1. The number of thioether (sulfide) groups is 1. The van der Waals surface area contributed by atoms with Crippen molar-refractivity contribution in [1.82, 2.24) is 73.3 Å². The van der Waals surface area contributed by atoms with Crippen LogP contribution in [0.1, 0.15) is 116 Å². The number of H-pyrrole nitrogens is 1. The first-order valence-electron chi connectivity index (χ1n) is 36.9. The van der Waals surface area contributed by atoms with Gasteiger partial charge in [0, 0.05) is 62.4 Å².